The Labute approximate surface area is 358 Å². The second kappa shape index (κ2) is 40.6. The van der Waals surface area contributed by atoms with E-state index in [1.54, 1.807) is 6.08 Å². The number of nitrogens with one attached hydrogen (secondary N) is 1. The molecule has 0 fully saturated rings. The largest absolute Gasteiger partial charge is 0.472 e. The van der Waals surface area contributed by atoms with E-state index in [9.17, 15) is 19.4 Å². The number of unbranched alkanes of at least 4 members (excludes halogenated alkanes) is 21. The van der Waals surface area contributed by atoms with Gasteiger partial charge in [-0.15, -0.1) is 0 Å². The number of nitrogens with zero attached hydrogens (tertiary/aromatic N) is 1. The maximum absolute atomic E-state index is 12.9. The highest BCUT2D eigenvalue weighted by Gasteiger charge is 2.27. The Morgan fingerprint density at radius 3 is 1.52 bits per heavy atom. The molecular formula is C49H92N2O6P+. The van der Waals surface area contributed by atoms with Crippen LogP contribution in [-0.4, -0.2) is 73.4 Å². The van der Waals surface area contributed by atoms with Crippen molar-refractivity contribution in [2.24, 2.45) is 0 Å². The van der Waals surface area contributed by atoms with Crippen LogP contribution in [0.25, 0.3) is 0 Å². The van der Waals surface area contributed by atoms with Gasteiger partial charge in [0.05, 0.1) is 39.9 Å². The van der Waals surface area contributed by atoms with Gasteiger partial charge in [-0.1, -0.05) is 190 Å². The van der Waals surface area contributed by atoms with Gasteiger partial charge in [0, 0.05) is 6.42 Å². The van der Waals surface area contributed by atoms with Gasteiger partial charge >= 0.3 is 7.82 Å². The van der Waals surface area contributed by atoms with Crippen molar-refractivity contribution in [1.29, 1.82) is 0 Å². The number of quaternary nitrogens is 1. The highest BCUT2D eigenvalue weighted by molar-refractivity contribution is 7.47. The van der Waals surface area contributed by atoms with E-state index in [1.165, 1.54) is 109 Å². The smallest absolute Gasteiger partial charge is 0.387 e. The van der Waals surface area contributed by atoms with Gasteiger partial charge in [0.2, 0.25) is 5.91 Å². The summed E-state index contributed by atoms with van der Waals surface area (Å²) in [5.41, 5.74) is 0. The minimum absolute atomic E-state index is 0.0585. The molecule has 0 heterocycles. The zero-order chi connectivity index (χ0) is 42.8. The topological polar surface area (TPSA) is 105 Å². The first-order valence-electron chi connectivity index (χ1n) is 23.7. The minimum atomic E-state index is -4.34. The molecule has 3 N–H and O–H groups in total. The Kier molecular flexibility index (Phi) is 39.3. The summed E-state index contributed by atoms with van der Waals surface area (Å²) in [7, 11) is 1.56. The quantitative estimate of drug-likeness (QED) is 0.0245. The van der Waals surface area contributed by atoms with Crippen LogP contribution in [0.5, 0.6) is 0 Å². The fourth-order valence-corrected chi connectivity index (χ4v) is 7.24. The van der Waals surface area contributed by atoms with Crippen molar-refractivity contribution in [2.45, 2.75) is 206 Å². The lowest BCUT2D eigenvalue weighted by atomic mass is 10.0. The lowest BCUT2D eigenvalue weighted by Crippen LogP contribution is -2.45. The van der Waals surface area contributed by atoms with Crippen LogP contribution in [0.1, 0.15) is 194 Å². The molecule has 0 rings (SSSR count). The summed E-state index contributed by atoms with van der Waals surface area (Å²) in [6.07, 6.45) is 52.9. The number of aliphatic hydroxyl groups is 1. The number of hydrogen-bond donors (Lipinski definition) is 3. The molecule has 3 unspecified atom stereocenters. The first kappa shape index (κ1) is 56.2. The maximum Gasteiger partial charge on any atom is 0.472 e. The van der Waals surface area contributed by atoms with Crippen LogP contribution >= 0.6 is 7.82 Å². The molecule has 3 atom stereocenters. The zero-order valence-corrected chi connectivity index (χ0v) is 39.2. The molecule has 8 nitrogen and oxygen atoms in total. The molecule has 0 aromatic heterocycles. The van der Waals surface area contributed by atoms with E-state index in [-0.39, 0.29) is 19.1 Å². The van der Waals surface area contributed by atoms with Crippen LogP contribution in [0.2, 0.25) is 0 Å². The van der Waals surface area contributed by atoms with E-state index < -0.39 is 20.0 Å². The predicted molar refractivity (Wildman–Crippen MR) is 249 cm³/mol. The third kappa shape index (κ3) is 42.3. The normalized spacial score (nSPS) is 14.8. The summed E-state index contributed by atoms with van der Waals surface area (Å²) in [5, 5.41) is 13.8. The third-order valence-corrected chi connectivity index (χ3v) is 11.2. The fraction of sp³-hybridized carbons (Fsp3) is 0.776. The van der Waals surface area contributed by atoms with Gasteiger partial charge in [-0.2, -0.15) is 0 Å². The van der Waals surface area contributed by atoms with Gasteiger partial charge in [0.25, 0.3) is 0 Å². The molecule has 0 saturated carbocycles. The fourth-order valence-electron chi connectivity index (χ4n) is 6.50. The molecule has 0 radical (unpaired) electrons. The number of likely N-dealkylation sites (N-methyl/N-ethyl adjacent to an activating group) is 1. The summed E-state index contributed by atoms with van der Waals surface area (Å²) >= 11 is 0. The van der Waals surface area contributed by atoms with E-state index in [1.807, 2.05) is 27.2 Å². The SMILES string of the molecule is CC/C=C\C/C=C\C/C=C\C/C=C\CCCCCCCCCCCCC(=O)NC(COP(=O)(O)OCC[N+](C)(C)C)C(O)/C=C/CCCCCCCCCCCCC. The molecule has 0 aliphatic rings. The van der Waals surface area contributed by atoms with Crippen molar-refractivity contribution < 1.29 is 32.9 Å². The average Bonchev–Trinajstić information content (AvgIpc) is 3.17. The maximum atomic E-state index is 12.9. The van der Waals surface area contributed by atoms with Crippen molar-refractivity contribution in [3.8, 4) is 0 Å². The Hall–Kier alpha value is -1.80. The summed E-state index contributed by atoms with van der Waals surface area (Å²) in [5.74, 6) is -0.185. The van der Waals surface area contributed by atoms with E-state index in [2.05, 4.69) is 67.8 Å². The monoisotopic (exact) mass is 836 g/mol. The van der Waals surface area contributed by atoms with Gasteiger partial charge < -0.3 is 19.8 Å². The van der Waals surface area contributed by atoms with Crippen molar-refractivity contribution in [1.82, 2.24) is 5.32 Å². The van der Waals surface area contributed by atoms with Crippen molar-refractivity contribution in [3.63, 3.8) is 0 Å². The first-order chi connectivity index (χ1) is 28.0. The molecule has 0 aliphatic carbocycles. The van der Waals surface area contributed by atoms with Gasteiger partial charge in [0.1, 0.15) is 13.2 Å². The van der Waals surface area contributed by atoms with E-state index >= 15 is 0 Å². The van der Waals surface area contributed by atoms with Crippen LogP contribution in [-0.2, 0) is 18.4 Å². The predicted octanol–water partition coefficient (Wildman–Crippen LogP) is 13.4. The van der Waals surface area contributed by atoms with Crippen molar-refractivity contribution in [2.75, 3.05) is 40.9 Å². The summed E-state index contributed by atoms with van der Waals surface area (Å²) < 4.78 is 23.6. The number of carbonyl (C=O) groups is 1. The molecule has 58 heavy (non-hydrogen) atoms. The standard InChI is InChI=1S/C49H91N2O6P/c1-6-8-10-12-14-16-18-20-21-22-23-24-25-26-27-28-29-31-33-35-37-39-41-43-49(53)50-47(46-57-58(54,55)56-45-44-51(3,4)5)48(52)42-40-38-36-34-32-30-19-17-15-13-11-9-7-2/h8,10,14,16,20-21,23-24,40,42,47-48,52H,6-7,9,11-13,15,17-19,22,25-39,41,43-46H2,1-5H3,(H-,50,53,54,55)/p+1/b10-8-,16-14-,21-20-,24-23-,42-40+. The first-order valence-corrected chi connectivity index (χ1v) is 25.2. The Morgan fingerprint density at radius 1 is 0.603 bits per heavy atom. The summed E-state index contributed by atoms with van der Waals surface area (Å²) in [6.45, 7) is 4.69. The number of carbonyl (C=O) groups excluding carboxylic acids is 1. The minimum Gasteiger partial charge on any atom is -0.387 e. The van der Waals surface area contributed by atoms with Gasteiger partial charge in [-0.05, 0) is 57.8 Å². The van der Waals surface area contributed by atoms with E-state index in [4.69, 9.17) is 9.05 Å². The Balaban J connectivity index is 4.31. The molecule has 338 valence electrons. The number of phosphoric ester groups is 1. The second-order valence-corrected chi connectivity index (χ2v) is 18.6. The van der Waals surface area contributed by atoms with E-state index in [0.717, 1.165) is 64.2 Å². The number of aliphatic hydroxyl groups excluding tert-OH is 1. The third-order valence-electron chi connectivity index (χ3n) is 10.2. The molecule has 1 amide bonds. The van der Waals surface area contributed by atoms with Gasteiger partial charge in [-0.3, -0.25) is 13.8 Å². The Bertz CT molecular complexity index is 1130. The molecule has 0 aromatic carbocycles. The van der Waals surface area contributed by atoms with E-state index in [0.29, 0.717) is 17.4 Å². The van der Waals surface area contributed by atoms with Crippen molar-refractivity contribution in [3.05, 3.63) is 60.8 Å². The lowest BCUT2D eigenvalue weighted by Gasteiger charge is -2.25. The van der Waals surface area contributed by atoms with Crippen LogP contribution in [0.15, 0.2) is 60.8 Å². The lowest BCUT2D eigenvalue weighted by molar-refractivity contribution is -0.870. The van der Waals surface area contributed by atoms with Crippen LogP contribution < -0.4 is 5.32 Å². The molecule has 0 spiro atoms. The molecular weight excluding hydrogens is 744 g/mol. The number of hydrogen-bond acceptors (Lipinski definition) is 5. The van der Waals surface area contributed by atoms with Crippen LogP contribution in [0.3, 0.4) is 0 Å². The van der Waals surface area contributed by atoms with Gasteiger partial charge in [-0.25, -0.2) is 4.57 Å². The summed E-state index contributed by atoms with van der Waals surface area (Å²) in [6, 6.07) is -0.850. The van der Waals surface area contributed by atoms with Crippen LogP contribution in [0.4, 0.5) is 0 Å². The van der Waals surface area contributed by atoms with Crippen LogP contribution in [0, 0.1) is 0 Å². The highest BCUT2D eigenvalue weighted by atomic mass is 31.2. The zero-order valence-electron chi connectivity index (χ0n) is 38.3. The summed E-state index contributed by atoms with van der Waals surface area (Å²) in [4.78, 5) is 23.2. The number of rotatable bonds is 42. The average molecular weight is 836 g/mol. The molecule has 0 aromatic rings. The molecule has 0 saturated heterocycles. The number of phosphoric acid groups is 1. The molecule has 9 heteroatoms. The molecule has 0 bridgehead atoms. The number of amides is 1. The second-order valence-electron chi connectivity index (χ2n) is 17.1. The Morgan fingerprint density at radius 2 is 1.03 bits per heavy atom. The van der Waals surface area contributed by atoms with Gasteiger partial charge in [0.15, 0.2) is 0 Å². The number of allylic oxidation sites excluding steroid dienone is 9. The molecule has 0 aliphatic heterocycles. The highest BCUT2D eigenvalue weighted by Crippen LogP contribution is 2.43. The van der Waals surface area contributed by atoms with Crippen molar-refractivity contribution >= 4 is 13.7 Å².